The van der Waals surface area contributed by atoms with Gasteiger partial charge < -0.3 is 20.0 Å². The first-order chi connectivity index (χ1) is 13.9. The maximum absolute atomic E-state index is 14.0. The summed E-state index contributed by atoms with van der Waals surface area (Å²) >= 11 is 0. The van der Waals surface area contributed by atoms with Crippen molar-refractivity contribution in [3.63, 3.8) is 0 Å². The molecule has 2 heterocycles. The second-order valence-electron chi connectivity index (χ2n) is 7.85. The molecule has 0 bridgehead atoms. The second kappa shape index (κ2) is 7.39. The molecule has 2 aliphatic heterocycles. The van der Waals surface area contributed by atoms with Gasteiger partial charge >= 0.3 is 0 Å². The molecule has 1 spiro atoms. The Kier molecular flexibility index (Phi) is 4.90. The lowest BCUT2D eigenvalue weighted by Crippen LogP contribution is -2.50. The molecule has 2 aromatic rings. The van der Waals surface area contributed by atoms with Gasteiger partial charge in [-0.2, -0.15) is 0 Å². The molecule has 2 aromatic carbocycles. The van der Waals surface area contributed by atoms with E-state index in [0.717, 1.165) is 6.42 Å². The van der Waals surface area contributed by atoms with Crippen LogP contribution in [0.3, 0.4) is 0 Å². The summed E-state index contributed by atoms with van der Waals surface area (Å²) in [7, 11) is 0. The summed E-state index contributed by atoms with van der Waals surface area (Å²) in [5.41, 5.74) is -0.363. The molecule has 2 fully saturated rings. The predicted octanol–water partition coefficient (Wildman–Crippen LogP) is 2.89. The number of hydrogen-bond donors (Lipinski definition) is 2. The van der Waals surface area contributed by atoms with Crippen LogP contribution >= 0.6 is 0 Å². The number of nitrogens with zero attached hydrogens (tertiary/aromatic N) is 2. The van der Waals surface area contributed by atoms with Crippen molar-refractivity contribution in [2.75, 3.05) is 19.6 Å². The van der Waals surface area contributed by atoms with Crippen molar-refractivity contribution in [2.45, 2.75) is 25.8 Å². The van der Waals surface area contributed by atoms with E-state index >= 15 is 0 Å². The minimum absolute atomic E-state index is 0.0659. The Bertz CT molecular complexity index is 943. The normalized spacial score (nSPS) is 21.8. The van der Waals surface area contributed by atoms with Gasteiger partial charge in [0, 0.05) is 31.7 Å². The van der Waals surface area contributed by atoms with Crippen LogP contribution in [0.4, 0.5) is 4.39 Å². The molecule has 0 radical (unpaired) electrons. The molecular formula is C22H23FN2O4. The van der Waals surface area contributed by atoms with Crippen LogP contribution in [-0.4, -0.2) is 51.5 Å². The zero-order valence-electron chi connectivity index (χ0n) is 16.0. The van der Waals surface area contributed by atoms with Crippen LogP contribution in [0.15, 0.2) is 42.5 Å². The van der Waals surface area contributed by atoms with Crippen molar-refractivity contribution >= 4 is 11.8 Å². The number of phenolic OH excluding ortho intramolecular Hbond substituents is 2. The van der Waals surface area contributed by atoms with E-state index in [2.05, 4.69) is 0 Å². The molecule has 2 N–H and O–H groups in total. The van der Waals surface area contributed by atoms with Gasteiger partial charge in [-0.3, -0.25) is 9.59 Å². The number of amides is 2. The first-order valence-electron chi connectivity index (χ1n) is 9.74. The van der Waals surface area contributed by atoms with E-state index in [1.54, 1.807) is 23.1 Å². The van der Waals surface area contributed by atoms with Gasteiger partial charge in [-0.05, 0) is 37.5 Å². The van der Waals surface area contributed by atoms with Gasteiger partial charge in [0.05, 0.1) is 5.41 Å². The zero-order valence-corrected chi connectivity index (χ0v) is 16.0. The van der Waals surface area contributed by atoms with Crippen LogP contribution in [0.2, 0.25) is 0 Å². The molecule has 1 atom stereocenters. The van der Waals surface area contributed by atoms with Gasteiger partial charge in [0.1, 0.15) is 22.9 Å². The number of benzene rings is 2. The zero-order chi connectivity index (χ0) is 20.6. The standard InChI is InChI=1S/C22H23FN2O4/c23-16-6-2-1-5-15(16)13-24-11-4-9-22(21(24)29)10-12-25(14-22)20(28)19-17(26)7-3-8-18(19)27/h1-3,5-8,26-27H,4,9-14H2/t22-/m1/s1. The van der Waals surface area contributed by atoms with Crippen LogP contribution in [0.25, 0.3) is 0 Å². The van der Waals surface area contributed by atoms with Crippen LogP contribution < -0.4 is 0 Å². The molecule has 7 heteroatoms. The summed E-state index contributed by atoms with van der Waals surface area (Å²) in [4.78, 5) is 29.3. The Hall–Kier alpha value is -3.09. The number of aromatic hydroxyl groups is 2. The van der Waals surface area contributed by atoms with Crippen molar-refractivity contribution in [3.8, 4) is 11.5 Å². The van der Waals surface area contributed by atoms with Crippen molar-refractivity contribution in [2.24, 2.45) is 5.41 Å². The predicted molar refractivity (Wildman–Crippen MR) is 104 cm³/mol. The molecule has 29 heavy (non-hydrogen) atoms. The van der Waals surface area contributed by atoms with E-state index in [1.165, 1.54) is 29.2 Å². The average Bonchev–Trinajstić information content (AvgIpc) is 3.12. The Morgan fingerprint density at radius 1 is 1.03 bits per heavy atom. The van der Waals surface area contributed by atoms with Gasteiger partial charge in [0.25, 0.3) is 5.91 Å². The smallest absolute Gasteiger partial charge is 0.261 e. The number of phenols is 2. The Morgan fingerprint density at radius 3 is 2.48 bits per heavy atom. The maximum atomic E-state index is 14.0. The van der Waals surface area contributed by atoms with Gasteiger partial charge in [-0.15, -0.1) is 0 Å². The molecule has 2 aliphatic rings. The fourth-order valence-corrected chi connectivity index (χ4v) is 4.47. The van der Waals surface area contributed by atoms with Gasteiger partial charge in [-0.1, -0.05) is 24.3 Å². The highest BCUT2D eigenvalue weighted by molar-refractivity contribution is 6.00. The lowest BCUT2D eigenvalue weighted by atomic mass is 9.78. The van der Waals surface area contributed by atoms with Crippen molar-refractivity contribution in [1.82, 2.24) is 9.80 Å². The quantitative estimate of drug-likeness (QED) is 0.833. The van der Waals surface area contributed by atoms with Crippen LogP contribution in [0.5, 0.6) is 11.5 Å². The highest BCUT2D eigenvalue weighted by atomic mass is 19.1. The summed E-state index contributed by atoms with van der Waals surface area (Å²) in [5.74, 6) is -1.46. The summed E-state index contributed by atoms with van der Waals surface area (Å²) in [6.45, 7) is 1.36. The van der Waals surface area contributed by atoms with E-state index in [4.69, 9.17) is 0 Å². The first kappa shape index (κ1) is 19.2. The Balaban J connectivity index is 1.52. The number of piperidine rings is 1. The molecule has 6 nitrogen and oxygen atoms in total. The van der Waals surface area contributed by atoms with Crippen molar-refractivity contribution < 1.29 is 24.2 Å². The third-order valence-corrected chi connectivity index (χ3v) is 6.02. The van der Waals surface area contributed by atoms with E-state index in [0.29, 0.717) is 31.5 Å². The summed E-state index contributed by atoms with van der Waals surface area (Å²) < 4.78 is 14.0. The monoisotopic (exact) mass is 398 g/mol. The minimum atomic E-state index is -0.695. The van der Waals surface area contributed by atoms with Gasteiger partial charge in [0.15, 0.2) is 0 Å². The molecule has 0 saturated carbocycles. The van der Waals surface area contributed by atoms with Crippen LogP contribution in [-0.2, 0) is 11.3 Å². The minimum Gasteiger partial charge on any atom is -0.507 e. The molecule has 0 unspecified atom stereocenters. The van der Waals surface area contributed by atoms with E-state index in [9.17, 15) is 24.2 Å². The average molecular weight is 398 g/mol. The molecular weight excluding hydrogens is 375 g/mol. The fourth-order valence-electron chi connectivity index (χ4n) is 4.47. The highest BCUT2D eigenvalue weighted by Gasteiger charge is 2.49. The molecule has 4 rings (SSSR count). The number of carbonyl (C=O) groups is 2. The van der Waals surface area contributed by atoms with Crippen LogP contribution in [0.1, 0.15) is 35.2 Å². The van der Waals surface area contributed by atoms with Gasteiger partial charge in [-0.25, -0.2) is 4.39 Å². The largest absolute Gasteiger partial charge is 0.507 e. The third-order valence-electron chi connectivity index (χ3n) is 6.02. The highest BCUT2D eigenvalue weighted by Crippen LogP contribution is 2.42. The summed E-state index contributed by atoms with van der Waals surface area (Å²) in [6, 6.07) is 10.6. The maximum Gasteiger partial charge on any atom is 0.261 e. The van der Waals surface area contributed by atoms with E-state index in [-0.39, 0.29) is 41.9 Å². The first-order valence-corrected chi connectivity index (χ1v) is 9.74. The number of likely N-dealkylation sites (tertiary alicyclic amines) is 2. The summed E-state index contributed by atoms with van der Waals surface area (Å²) in [5, 5.41) is 20.0. The van der Waals surface area contributed by atoms with E-state index in [1.807, 2.05) is 0 Å². The van der Waals surface area contributed by atoms with Gasteiger partial charge in [0.2, 0.25) is 5.91 Å². The Labute approximate surface area is 168 Å². The third kappa shape index (κ3) is 3.41. The van der Waals surface area contributed by atoms with Crippen molar-refractivity contribution in [3.05, 3.63) is 59.4 Å². The van der Waals surface area contributed by atoms with Crippen LogP contribution in [0, 0.1) is 11.2 Å². The SMILES string of the molecule is O=C(c1c(O)cccc1O)N1CC[C@]2(CCCN(Cc3ccccc3F)C2=O)C1. The topological polar surface area (TPSA) is 81.1 Å². The summed E-state index contributed by atoms with van der Waals surface area (Å²) in [6.07, 6.45) is 1.96. The van der Waals surface area contributed by atoms with Crippen molar-refractivity contribution in [1.29, 1.82) is 0 Å². The molecule has 152 valence electrons. The molecule has 0 aliphatic carbocycles. The number of rotatable bonds is 3. The number of carbonyl (C=O) groups excluding carboxylic acids is 2. The lowest BCUT2D eigenvalue weighted by molar-refractivity contribution is -0.146. The number of halogens is 1. The molecule has 0 aromatic heterocycles. The fraction of sp³-hybridized carbons (Fsp3) is 0.364. The molecule has 2 saturated heterocycles. The number of hydrogen-bond acceptors (Lipinski definition) is 4. The molecule has 2 amide bonds. The second-order valence-corrected chi connectivity index (χ2v) is 7.85. The van der Waals surface area contributed by atoms with E-state index < -0.39 is 11.3 Å². The lowest BCUT2D eigenvalue weighted by Gasteiger charge is -2.39. The Morgan fingerprint density at radius 2 is 1.76 bits per heavy atom.